The van der Waals surface area contributed by atoms with Crippen LogP contribution < -0.4 is 59.1 Å². The Hall–Kier alpha value is 2.03. The summed E-state index contributed by atoms with van der Waals surface area (Å²) >= 11 is 0. The maximum atomic E-state index is 10.0. The molecule has 0 saturated heterocycles. The molecule has 0 radical (unpaired) electrons. The van der Waals surface area contributed by atoms with Gasteiger partial charge in [0.25, 0.3) is 0 Å². The molecule has 9 heteroatoms. The van der Waals surface area contributed by atoms with Crippen molar-refractivity contribution in [1.82, 2.24) is 0 Å². The van der Waals surface area contributed by atoms with Gasteiger partial charge in [-0.15, -0.1) is 0 Å². The third-order valence-corrected chi connectivity index (χ3v) is 1.27. The molecule has 0 aromatic heterocycles. The van der Waals surface area contributed by atoms with Gasteiger partial charge in [-0.1, -0.05) is 0 Å². The van der Waals surface area contributed by atoms with E-state index in [2.05, 4.69) is 4.52 Å². The molecular weight excluding hydrogens is 209 g/mol. The number of phosphoric acid groups is 1. The van der Waals surface area contributed by atoms with Gasteiger partial charge in [0.2, 0.25) is 0 Å². The van der Waals surface area contributed by atoms with Crippen molar-refractivity contribution in [3.63, 3.8) is 0 Å². The summed E-state index contributed by atoms with van der Waals surface area (Å²) in [6.07, 6.45) is -1.21. The molecule has 0 aromatic rings. The van der Waals surface area contributed by atoms with Gasteiger partial charge >= 0.3 is 66.9 Å². The van der Waals surface area contributed by atoms with Crippen molar-refractivity contribution >= 4 is 7.82 Å². The fourth-order valence-corrected chi connectivity index (χ4v) is 0.840. The van der Waals surface area contributed by atoms with E-state index in [1.54, 1.807) is 0 Å². The standard InChI is InChI=1S/C3H9O6P.2Na/c4-1-3(2-5)9-10(6,7)8;;/h3-5H,1-2H2,(H2,6,7,8);;/q;2*+1. The summed E-state index contributed by atoms with van der Waals surface area (Å²) < 4.78 is 13.9. The van der Waals surface area contributed by atoms with Gasteiger partial charge in [0, 0.05) is 0 Å². The van der Waals surface area contributed by atoms with Crippen LogP contribution in [-0.2, 0) is 9.09 Å². The Kier molecular flexibility index (Phi) is 15.6. The van der Waals surface area contributed by atoms with Gasteiger partial charge in [-0.3, -0.25) is 4.52 Å². The summed E-state index contributed by atoms with van der Waals surface area (Å²) in [6, 6.07) is 0. The summed E-state index contributed by atoms with van der Waals surface area (Å²) in [5.41, 5.74) is 0. The zero-order chi connectivity index (χ0) is 8.20. The van der Waals surface area contributed by atoms with Gasteiger partial charge in [0.1, 0.15) is 6.10 Å². The molecule has 0 fully saturated rings. The molecule has 0 heterocycles. The molecule has 0 aromatic carbocycles. The minimum absolute atomic E-state index is 0. The number of rotatable bonds is 4. The van der Waals surface area contributed by atoms with E-state index in [0.717, 1.165) is 0 Å². The van der Waals surface area contributed by atoms with Gasteiger partial charge in [-0.05, 0) is 0 Å². The van der Waals surface area contributed by atoms with Crippen LogP contribution in [0, 0.1) is 0 Å². The second-order valence-corrected chi connectivity index (χ2v) is 2.78. The van der Waals surface area contributed by atoms with Crippen LogP contribution in [0.15, 0.2) is 0 Å². The average molecular weight is 218 g/mol. The van der Waals surface area contributed by atoms with E-state index in [9.17, 15) is 4.57 Å². The minimum atomic E-state index is -4.57. The van der Waals surface area contributed by atoms with Crippen LogP contribution in [-0.4, -0.2) is 39.3 Å². The van der Waals surface area contributed by atoms with Crippen molar-refractivity contribution < 1.29 is 88.2 Å². The Morgan fingerprint density at radius 1 is 1.17 bits per heavy atom. The first-order valence-corrected chi connectivity index (χ1v) is 3.98. The molecule has 12 heavy (non-hydrogen) atoms. The molecule has 4 N–H and O–H groups in total. The zero-order valence-electron chi connectivity index (χ0n) is 7.04. The molecule has 0 spiro atoms. The molecule has 0 aliphatic heterocycles. The summed E-state index contributed by atoms with van der Waals surface area (Å²) in [4.78, 5) is 16.2. The Labute approximate surface area is 114 Å². The van der Waals surface area contributed by atoms with E-state index in [1.807, 2.05) is 0 Å². The molecule has 0 aliphatic rings. The largest absolute Gasteiger partial charge is 1.00 e. The normalized spacial score (nSPS) is 10.4. The van der Waals surface area contributed by atoms with Crippen LogP contribution in [0.2, 0.25) is 0 Å². The van der Waals surface area contributed by atoms with Gasteiger partial charge in [0.05, 0.1) is 13.2 Å². The van der Waals surface area contributed by atoms with Crippen molar-refractivity contribution in [2.45, 2.75) is 6.10 Å². The van der Waals surface area contributed by atoms with Crippen LogP contribution in [0.4, 0.5) is 0 Å². The third-order valence-electron chi connectivity index (χ3n) is 0.694. The molecule has 6 nitrogen and oxygen atoms in total. The number of hydrogen-bond acceptors (Lipinski definition) is 4. The van der Waals surface area contributed by atoms with E-state index in [-0.39, 0.29) is 59.1 Å². The first-order valence-electron chi connectivity index (χ1n) is 2.45. The Morgan fingerprint density at radius 2 is 1.50 bits per heavy atom. The predicted octanol–water partition coefficient (Wildman–Crippen LogP) is -7.54. The van der Waals surface area contributed by atoms with Crippen molar-refractivity contribution in [2.75, 3.05) is 13.2 Å². The predicted molar refractivity (Wildman–Crippen MR) is 31.1 cm³/mol. The summed E-state index contributed by atoms with van der Waals surface area (Å²) in [5, 5.41) is 16.5. The minimum Gasteiger partial charge on any atom is -0.394 e. The number of phosphoric ester groups is 1. The monoisotopic (exact) mass is 218 g/mol. The quantitative estimate of drug-likeness (QED) is 0.276. The molecule has 0 bridgehead atoms. The van der Waals surface area contributed by atoms with Crippen LogP contribution >= 0.6 is 7.82 Å². The van der Waals surface area contributed by atoms with E-state index >= 15 is 0 Å². The first kappa shape index (κ1) is 19.6. The Morgan fingerprint density at radius 3 is 1.58 bits per heavy atom. The molecule has 0 saturated carbocycles. The Balaban J connectivity index is -0.000000405. The molecule has 62 valence electrons. The van der Waals surface area contributed by atoms with Crippen molar-refractivity contribution in [1.29, 1.82) is 0 Å². The first-order chi connectivity index (χ1) is 4.49. The van der Waals surface area contributed by atoms with Gasteiger partial charge in [0.15, 0.2) is 0 Å². The molecular formula is C3H9Na2O6P+2. The van der Waals surface area contributed by atoms with E-state index in [4.69, 9.17) is 20.0 Å². The fourth-order valence-electron chi connectivity index (χ4n) is 0.319. The van der Waals surface area contributed by atoms with Crippen LogP contribution in [0.5, 0.6) is 0 Å². The molecule has 0 atom stereocenters. The fraction of sp³-hybridized carbons (Fsp3) is 1.00. The van der Waals surface area contributed by atoms with Crippen LogP contribution in [0.1, 0.15) is 0 Å². The van der Waals surface area contributed by atoms with Gasteiger partial charge in [-0.25, -0.2) is 4.57 Å². The van der Waals surface area contributed by atoms with E-state index < -0.39 is 27.1 Å². The van der Waals surface area contributed by atoms with Crippen LogP contribution in [0.3, 0.4) is 0 Å². The summed E-state index contributed by atoms with van der Waals surface area (Å²) in [5.74, 6) is 0. The smallest absolute Gasteiger partial charge is 0.394 e. The summed E-state index contributed by atoms with van der Waals surface area (Å²) in [6.45, 7) is -1.25. The van der Waals surface area contributed by atoms with Gasteiger partial charge < -0.3 is 20.0 Å². The van der Waals surface area contributed by atoms with E-state index in [1.165, 1.54) is 0 Å². The number of aliphatic hydroxyl groups excluding tert-OH is 2. The van der Waals surface area contributed by atoms with Crippen molar-refractivity contribution in [2.24, 2.45) is 0 Å². The third kappa shape index (κ3) is 12.0. The second kappa shape index (κ2) is 9.58. The van der Waals surface area contributed by atoms with Crippen LogP contribution in [0.25, 0.3) is 0 Å². The van der Waals surface area contributed by atoms with Gasteiger partial charge in [-0.2, -0.15) is 0 Å². The van der Waals surface area contributed by atoms with Crippen molar-refractivity contribution in [3.8, 4) is 0 Å². The van der Waals surface area contributed by atoms with E-state index in [0.29, 0.717) is 0 Å². The average Bonchev–Trinajstić information content (AvgIpc) is 1.81. The molecule has 0 aliphatic carbocycles. The molecule has 0 rings (SSSR count). The number of aliphatic hydroxyl groups is 2. The summed E-state index contributed by atoms with van der Waals surface area (Å²) in [7, 11) is -4.57. The number of hydrogen-bond donors (Lipinski definition) is 4. The Bertz CT molecular complexity index is 133. The second-order valence-electron chi connectivity index (χ2n) is 1.58. The topological polar surface area (TPSA) is 107 Å². The molecule has 0 unspecified atom stereocenters. The van der Waals surface area contributed by atoms with Crippen molar-refractivity contribution in [3.05, 3.63) is 0 Å². The zero-order valence-corrected chi connectivity index (χ0v) is 11.9. The molecule has 0 amide bonds. The maximum absolute atomic E-state index is 10.0. The SMILES string of the molecule is O=P(O)(O)OC(CO)CO.[Na+].[Na+]. The maximum Gasteiger partial charge on any atom is 1.00 e.